The summed E-state index contributed by atoms with van der Waals surface area (Å²) in [7, 11) is 0. The molecule has 0 aliphatic carbocycles. The zero-order chi connectivity index (χ0) is 21.3. The molecular formula is C24H22FN3O2. The number of pyridine rings is 1. The van der Waals surface area contributed by atoms with E-state index < -0.39 is 5.82 Å². The van der Waals surface area contributed by atoms with Gasteiger partial charge in [-0.15, -0.1) is 0 Å². The SMILES string of the molecule is Cc1ccc(C(C)(C)c2ccc(Oc3cc(-c4nc(C)no4)ncc3F)cc2)cc1. The molecule has 5 nitrogen and oxygen atoms in total. The van der Waals surface area contributed by atoms with Crippen molar-refractivity contribution in [2.75, 3.05) is 0 Å². The van der Waals surface area contributed by atoms with Crippen LogP contribution in [-0.4, -0.2) is 15.1 Å². The highest BCUT2D eigenvalue weighted by atomic mass is 19.1. The van der Waals surface area contributed by atoms with E-state index in [2.05, 4.69) is 60.2 Å². The monoisotopic (exact) mass is 403 g/mol. The fraction of sp³-hybridized carbons (Fsp3) is 0.208. The largest absolute Gasteiger partial charge is 0.454 e. The van der Waals surface area contributed by atoms with Crippen LogP contribution < -0.4 is 4.74 Å². The summed E-state index contributed by atoms with van der Waals surface area (Å²) < 4.78 is 25.1. The van der Waals surface area contributed by atoms with Crippen molar-refractivity contribution < 1.29 is 13.7 Å². The second-order valence-corrected chi connectivity index (χ2v) is 7.76. The van der Waals surface area contributed by atoms with Gasteiger partial charge in [-0.05, 0) is 37.1 Å². The maximum Gasteiger partial charge on any atom is 0.276 e. The van der Waals surface area contributed by atoms with Crippen LogP contribution in [0.2, 0.25) is 0 Å². The summed E-state index contributed by atoms with van der Waals surface area (Å²) in [6.45, 7) is 8.13. The number of nitrogens with zero attached hydrogens (tertiary/aromatic N) is 3. The van der Waals surface area contributed by atoms with Crippen molar-refractivity contribution in [1.29, 1.82) is 0 Å². The smallest absolute Gasteiger partial charge is 0.276 e. The zero-order valence-corrected chi connectivity index (χ0v) is 17.3. The lowest BCUT2D eigenvalue weighted by molar-refractivity contribution is 0.421. The van der Waals surface area contributed by atoms with Gasteiger partial charge in [-0.1, -0.05) is 61.0 Å². The van der Waals surface area contributed by atoms with Gasteiger partial charge in [0.2, 0.25) is 0 Å². The first-order valence-corrected chi connectivity index (χ1v) is 9.65. The van der Waals surface area contributed by atoms with Crippen LogP contribution in [0, 0.1) is 19.7 Å². The topological polar surface area (TPSA) is 61.0 Å². The molecule has 0 spiro atoms. The number of aromatic nitrogens is 3. The van der Waals surface area contributed by atoms with Crippen LogP contribution in [0.1, 0.15) is 36.4 Å². The second kappa shape index (κ2) is 7.71. The summed E-state index contributed by atoms with van der Waals surface area (Å²) in [5.41, 5.74) is 3.77. The maximum absolute atomic E-state index is 14.2. The molecule has 0 aliphatic rings. The van der Waals surface area contributed by atoms with Crippen molar-refractivity contribution in [3.63, 3.8) is 0 Å². The number of rotatable bonds is 5. The van der Waals surface area contributed by atoms with Crippen LogP contribution in [0.4, 0.5) is 4.39 Å². The molecule has 0 saturated carbocycles. The normalized spacial score (nSPS) is 11.5. The third kappa shape index (κ3) is 3.94. The van der Waals surface area contributed by atoms with E-state index in [9.17, 15) is 4.39 Å². The Morgan fingerprint density at radius 3 is 2.17 bits per heavy atom. The quantitative estimate of drug-likeness (QED) is 0.409. The molecule has 2 aromatic heterocycles. The van der Waals surface area contributed by atoms with Gasteiger partial charge in [0.25, 0.3) is 5.89 Å². The minimum atomic E-state index is -0.570. The van der Waals surface area contributed by atoms with Crippen molar-refractivity contribution in [2.45, 2.75) is 33.1 Å². The predicted octanol–water partition coefficient (Wildman–Crippen LogP) is 6.01. The molecule has 6 heteroatoms. The molecule has 30 heavy (non-hydrogen) atoms. The van der Waals surface area contributed by atoms with Gasteiger partial charge < -0.3 is 9.26 Å². The predicted molar refractivity (Wildman–Crippen MR) is 112 cm³/mol. The Balaban J connectivity index is 1.57. The summed E-state index contributed by atoms with van der Waals surface area (Å²) in [6.07, 6.45) is 1.08. The van der Waals surface area contributed by atoms with Gasteiger partial charge in [0.15, 0.2) is 17.4 Å². The summed E-state index contributed by atoms with van der Waals surface area (Å²) in [4.78, 5) is 8.11. The fourth-order valence-corrected chi connectivity index (χ4v) is 3.22. The first-order valence-electron chi connectivity index (χ1n) is 9.65. The number of aryl methyl sites for hydroxylation is 2. The van der Waals surface area contributed by atoms with Gasteiger partial charge in [-0.3, -0.25) is 0 Å². The second-order valence-electron chi connectivity index (χ2n) is 7.76. The number of benzene rings is 2. The molecule has 0 unspecified atom stereocenters. The third-order valence-electron chi connectivity index (χ3n) is 5.14. The van der Waals surface area contributed by atoms with Gasteiger partial charge >= 0.3 is 0 Å². The van der Waals surface area contributed by atoms with E-state index >= 15 is 0 Å². The van der Waals surface area contributed by atoms with Gasteiger partial charge in [-0.2, -0.15) is 4.98 Å². The molecule has 2 aromatic carbocycles. The molecule has 152 valence electrons. The number of hydrogen-bond acceptors (Lipinski definition) is 5. The summed E-state index contributed by atoms with van der Waals surface area (Å²) in [5, 5.41) is 3.73. The first-order chi connectivity index (χ1) is 14.3. The molecule has 0 radical (unpaired) electrons. The van der Waals surface area contributed by atoms with Crippen molar-refractivity contribution in [2.24, 2.45) is 0 Å². The maximum atomic E-state index is 14.2. The molecule has 4 aromatic rings. The Hall–Kier alpha value is -3.54. The van der Waals surface area contributed by atoms with Crippen LogP contribution in [0.25, 0.3) is 11.6 Å². The Labute approximate surface area is 174 Å². The van der Waals surface area contributed by atoms with E-state index in [1.165, 1.54) is 17.2 Å². The Bertz CT molecular complexity index is 1170. The van der Waals surface area contributed by atoms with E-state index in [1.807, 2.05) is 24.3 Å². The van der Waals surface area contributed by atoms with Crippen molar-refractivity contribution in [1.82, 2.24) is 15.1 Å². The van der Waals surface area contributed by atoms with Crippen LogP contribution in [0.15, 0.2) is 65.3 Å². The highest BCUT2D eigenvalue weighted by Gasteiger charge is 2.23. The Morgan fingerprint density at radius 1 is 0.933 bits per heavy atom. The molecule has 2 heterocycles. The van der Waals surface area contributed by atoms with Gasteiger partial charge in [0, 0.05) is 11.5 Å². The van der Waals surface area contributed by atoms with Crippen molar-refractivity contribution >= 4 is 0 Å². The standard InChI is InChI=1S/C24H22FN3O2/c1-15-5-7-17(8-6-15)24(3,4)18-9-11-19(12-10-18)29-22-13-21(26-14-20(22)25)23-27-16(2)28-30-23/h5-14H,1-4H3. The molecule has 4 rings (SSSR count). The molecule has 0 aliphatic heterocycles. The van der Waals surface area contributed by atoms with Gasteiger partial charge in [-0.25, -0.2) is 9.37 Å². The molecule has 0 bridgehead atoms. The molecule has 0 atom stereocenters. The first kappa shape index (κ1) is 19.8. The third-order valence-corrected chi connectivity index (χ3v) is 5.14. The van der Waals surface area contributed by atoms with Gasteiger partial charge in [0.1, 0.15) is 11.4 Å². The molecular weight excluding hydrogens is 381 g/mol. The molecule has 0 amide bonds. The minimum absolute atomic E-state index is 0.0430. The minimum Gasteiger partial charge on any atom is -0.454 e. The summed E-state index contributed by atoms with van der Waals surface area (Å²) >= 11 is 0. The lowest BCUT2D eigenvalue weighted by Crippen LogP contribution is -2.18. The number of halogens is 1. The summed E-state index contributed by atoms with van der Waals surface area (Å²) in [6, 6.07) is 17.6. The average Bonchev–Trinajstić information content (AvgIpc) is 3.17. The molecule has 0 fully saturated rings. The summed E-state index contributed by atoms with van der Waals surface area (Å²) in [5.74, 6) is 0.689. The van der Waals surface area contributed by atoms with Crippen LogP contribution in [0.3, 0.4) is 0 Å². The van der Waals surface area contributed by atoms with E-state index in [0.717, 1.165) is 11.8 Å². The molecule has 0 saturated heterocycles. The van der Waals surface area contributed by atoms with E-state index in [-0.39, 0.29) is 17.1 Å². The lowest BCUT2D eigenvalue weighted by Gasteiger charge is -2.26. The van der Waals surface area contributed by atoms with Crippen LogP contribution in [-0.2, 0) is 5.41 Å². The molecule has 0 N–H and O–H groups in total. The fourth-order valence-electron chi connectivity index (χ4n) is 3.22. The highest BCUT2D eigenvalue weighted by molar-refractivity contribution is 5.51. The van der Waals surface area contributed by atoms with E-state index in [4.69, 9.17) is 9.26 Å². The Morgan fingerprint density at radius 2 is 1.57 bits per heavy atom. The van der Waals surface area contributed by atoms with E-state index in [0.29, 0.717) is 17.3 Å². The van der Waals surface area contributed by atoms with Crippen LogP contribution in [0.5, 0.6) is 11.5 Å². The average molecular weight is 403 g/mol. The Kier molecular flexibility index (Phi) is 5.08. The van der Waals surface area contributed by atoms with Crippen molar-refractivity contribution in [3.8, 4) is 23.1 Å². The van der Waals surface area contributed by atoms with E-state index in [1.54, 1.807) is 6.92 Å². The highest BCUT2D eigenvalue weighted by Crippen LogP contribution is 2.34. The van der Waals surface area contributed by atoms with Gasteiger partial charge in [0.05, 0.1) is 6.20 Å². The zero-order valence-electron chi connectivity index (χ0n) is 17.3. The lowest BCUT2D eigenvalue weighted by atomic mass is 9.78. The van der Waals surface area contributed by atoms with Crippen LogP contribution >= 0.6 is 0 Å². The number of ether oxygens (including phenoxy) is 1. The van der Waals surface area contributed by atoms with Crippen molar-refractivity contribution in [3.05, 3.63) is 89.1 Å². The number of hydrogen-bond donors (Lipinski definition) is 0.